The van der Waals surface area contributed by atoms with Gasteiger partial charge in [0.15, 0.2) is 11.5 Å². The third-order valence-corrected chi connectivity index (χ3v) is 5.27. The molecular weight excluding hydrogens is 332 g/mol. The number of rotatable bonds is 3. The maximum atomic E-state index is 6.07. The van der Waals surface area contributed by atoms with Gasteiger partial charge in [0.25, 0.3) is 0 Å². The maximum Gasteiger partial charge on any atom is 0.175 e. The van der Waals surface area contributed by atoms with Gasteiger partial charge in [-0.3, -0.25) is 4.90 Å². The van der Waals surface area contributed by atoms with E-state index in [1.807, 2.05) is 0 Å². The van der Waals surface area contributed by atoms with Crippen molar-refractivity contribution in [3.8, 4) is 11.5 Å². The lowest BCUT2D eigenvalue weighted by Gasteiger charge is -2.29. The van der Waals surface area contributed by atoms with Crippen LogP contribution in [0, 0.1) is 11.8 Å². The van der Waals surface area contributed by atoms with Crippen molar-refractivity contribution >= 4 is 15.9 Å². The molecule has 116 valence electrons. The van der Waals surface area contributed by atoms with E-state index in [2.05, 4.69) is 46.8 Å². The maximum absolute atomic E-state index is 6.07. The normalized spacial score (nSPS) is 26.9. The minimum Gasteiger partial charge on any atom is -0.486 e. The number of hydrogen-bond donors (Lipinski definition) is 1. The summed E-state index contributed by atoms with van der Waals surface area (Å²) in [5.74, 6) is 3.08. The molecule has 0 saturated carbocycles. The zero-order valence-electron chi connectivity index (χ0n) is 12.6. The summed E-state index contributed by atoms with van der Waals surface area (Å²) in [5, 5.41) is 0. The van der Waals surface area contributed by atoms with E-state index in [4.69, 9.17) is 15.2 Å². The van der Waals surface area contributed by atoms with Gasteiger partial charge in [0.05, 0.1) is 4.47 Å². The van der Waals surface area contributed by atoms with Crippen LogP contribution < -0.4 is 15.2 Å². The number of ether oxygens (including phenoxy) is 2. The van der Waals surface area contributed by atoms with Crippen molar-refractivity contribution < 1.29 is 9.47 Å². The molecular formula is C16H23BrN2O2. The zero-order valence-corrected chi connectivity index (χ0v) is 14.2. The number of likely N-dealkylation sites (tertiary alicyclic amines) is 1. The summed E-state index contributed by atoms with van der Waals surface area (Å²) in [6, 6.07) is 4.45. The van der Waals surface area contributed by atoms with Gasteiger partial charge in [-0.1, -0.05) is 13.8 Å². The van der Waals surface area contributed by atoms with Crippen molar-refractivity contribution in [3.05, 3.63) is 22.2 Å². The molecule has 0 radical (unpaired) electrons. The lowest BCUT2D eigenvalue weighted by Crippen LogP contribution is -2.32. The molecule has 3 atom stereocenters. The zero-order chi connectivity index (χ0) is 15.0. The van der Waals surface area contributed by atoms with Crippen LogP contribution >= 0.6 is 15.9 Å². The fourth-order valence-corrected chi connectivity index (χ4v) is 3.82. The van der Waals surface area contributed by atoms with E-state index in [1.54, 1.807) is 0 Å². The van der Waals surface area contributed by atoms with E-state index < -0.39 is 0 Å². The molecule has 2 aliphatic rings. The summed E-state index contributed by atoms with van der Waals surface area (Å²) in [7, 11) is 0. The van der Waals surface area contributed by atoms with Gasteiger partial charge in [-0.15, -0.1) is 0 Å². The van der Waals surface area contributed by atoms with Crippen LogP contribution in [0.25, 0.3) is 0 Å². The Labute approximate surface area is 134 Å². The molecule has 1 aromatic rings. The molecule has 0 amide bonds. The molecule has 1 saturated heterocycles. The first-order chi connectivity index (χ1) is 10.1. The molecule has 0 aliphatic carbocycles. The molecule has 2 heterocycles. The summed E-state index contributed by atoms with van der Waals surface area (Å²) in [5.41, 5.74) is 7.28. The minimum absolute atomic E-state index is 0.240. The van der Waals surface area contributed by atoms with E-state index in [-0.39, 0.29) is 6.04 Å². The van der Waals surface area contributed by atoms with Crippen molar-refractivity contribution in [2.45, 2.75) is 19.9 Å². The van der Waals surface area contributed by atoms with E-state index in [0.717, 1.165) is 40.9 Å². The number of nitrogens with zero attached hydrogens (tertiary/aromatic N) is 1. The molecule has 0 aromatic heterocycles. The van der Waals surface area contributed by atoms with Gasteiger partial charge >= 0.3 is 0 Å². The Bertz CT molecular complexity index is 513. The second-order valence-corrected chi connectivity index (χ2v) is 7.04. The monoisotopic (exact) mass is 354 g/mol. The predicted molar refractivity (Wildman–Crippen MR) is 86.8 cm³/mol. The number of hydrogen-bond acceptors (Lipinski definition) is 4. The van der Waals surface area contributed by atoms with Crippen molar-refractivity contribution in [3.63, 3.8) is 0 Å². The third kappa shape index (κ3) is 2.91. The summed E-state index contributed by atoms with van der Waals surface area (Å²) in [6.45, 7) is 8.67. The molecule has 1 aromatic carbocycles. The predicted octanol–water partition coefficient (Wildman–Crippen LogP) is 2.81. The number of fused-ring (bicyclic) bond motifs is 1. The Morgan fingerprint density at radius 2 is 1.90 bits per heavy atom. The average molecular weight is 355 g/mol. The van der Waals surface area contributed by atoms with Crippen LogP contribution in [0.2, 0.25) is 0 Å². The molecule has 2 N–H and O–H groups in total. The van der Waals surface area contributed by atoms with Crippen LogP contribution in [0.4, 0.5) is 0 Å². The van der Waals surface area contributed by atoms with Crippen LogP contribution in [0.5, 0.6) is 11.5 Å². The second-order valence-electron chi connectivity index (χ2n) is 6.19. The summed E-state index contributed by atoms with van der Waals surface area (Å²) >= 11 is 3.60. The SMILES string of the molecule is CC1CN(C(CN)c2cc(Br)c3c(c2)OCCO3)CC1C. The van der Waals surface area contributed by atoms with Crippen molar-refractivity contribution in [1.29, 1.82) is 0 Å². The molecule has 3 rings (SSSR count). The highest BCUT2D eigenvalue weighted by atomic mass is 79.9. The molecule has 4 nitrogen and oxygen atoms in total. The Morgan fingerprint density at radius 3 is 2.57 bits per heavy atom. The van der Waals surface area contributed by atoms with E-state index in [9.17, 15) is 0 Å². The van der Waals surface area contributed by atoms with Gasteiger partial charge in [-0.25, -0.2) is 0 Å². The first-order valence-corrected chi connectivity index (χ1v) is 8.42. The Hall–Kier alpha value is -0.780. The first-order valence-electron chi connectivity index (χ1n) is 7.63. The number of nitrogens with two attached hydrogens (primary N) is 1. The van der Waals surface area contributed by atoms with Gasteiger partial charge in [0.2, 0.25) is 0 Å². The molecule has 0 spiro atoms. The third-order valence-electron chi connectivity index (χ3n) is 4.68. The lowest BCUT2D eigenvalue weighted by molar-refractivity contribution is 0.169. The highest BCUT2D eigenvalue weighted by Crippen LogP contribution is 2.41. The van der Waals surface area contributed by atoms with Crippen LogP contribution in [0.1, 0.15) is 25.5 Å². The van der Waals surface area contributed by atoms with Crippen LogP contribution in [0.15, 0.2) is 16.6 Å². The highest BCUT2D eigenvalue weighted by molar-refractivity contribution is 9.10. The van der Waals surface area contributed by atoms with Crippen molar-refractivity contribution in [2.24, 2.45) is 17.6 Å². The van der Waals surface area contributed by atoms with Crippen molar-refractivity contribution in [2.75, 3.05) is 32.8 Å². The summed E-state index contributed by atoms with van der Waals surface area (Å²) in [4.78, 5) is 2.49. The summed E-state index contributed by atoms with van der Waals surface area (Å²) in [6.07, 6.45) is 0. The summed E-state index contributed by atoms with van der Waals surface area (Å²) < 4.78 is 12.3. The molecule has 21 heavy (non-hydrogen) atoms. The minimum atomic E-state index is 0.240. The first kappa shape index (κ1) is 15.1. The quantitative estimate of drug-likeness (QED) is 0.906. The molecule has 1 fully saturated rings. The van der Waals surface area contributed by atoms with E-state index in [0.29, 0.717) is 19.8 Å². The van der Waals surface area contributed by atoms with Crippen LogP contribution in [-0.4, -0.2) is 37.7 Å². The average Bonchev–Trinajstić information content (AvgIpc) is 2.79. The van der Waals surface area contributed by atoms with Gasteiger partial charge in [0, 0.05) is 25.7 Å². The molecule has 5 heteroatoms. The van der Waals surface area contributed by atoms with Crippen LogP contribution in [-0.2, 0) is 0 Å². The van der Waals surface area contributed by atoms with Gasteiger partial charge < -0.3 is 15.2 Å². The standard InChI is InChI=1S/C16H23BrN2O2/c1-10-8-19(9-11(10)2)14(7-18)12-5-13(17)16-15(6-12)20-3-4-21-16/h5-6,10-11,14H,3-4,7-9,18H2,1-2H3. The number of benzene rings is 1. The fourth-order valence-electron chi connectivity index (χ4n) is 3.25. The molecule has 2 aliphatic heterocycles. The van der Waals surface area contributed by atoms with Gasteiger partial charge in [-0.2, -0.15) is 0 Å². The molecule has 0 bridgehead atoms. The van der Waals surface area contributed by atoms with Gasteiger partial charge in [-0.05, 0) is 45.5 Å². The van der Waals surface area contributed by atoms with E-state index in [1.165, 1.54) is 5.56 Å². The fraction of sp³-hybridized carbons (Fsp3) is 0.625. The van der Waals surface area contributed by atoms with Gasteiger partial charge in [0.1, 0.15) is 13.2 Å². The largest absolute Gasteiger partial charge is 0.486 e. The van der Waals surface area contributed by atoms with Crippen LogP contribution in [0.3, 0.4) is 0 Å². The molecule has 3 unspecified atom stereocenters. The Balaban J connectivity index is 1.89. The Kier molecular flexibility index (Phi) is 4.43. The lowest BCUT2D eigenvalue weighted by atomic mass is 10.0. The van der Waals surface area contributed by atoms with Crippen molar-refractivity contribution in [1.82, 2.24) is 4.90 Å². The second kappa shape index (κ2) is 6.15. The van der Waals surface area contributed by atoms with E-state index >= 15 is 0 Å². The number of halogens is 1. The smallest absolute Gasteiger partial charge is 0.175 e. The highest BCUT2D eigenvalue weighted by Gasteiger charge is 2.32. The Morgan fingerprint density at radius 1 is 1.24 bits per heavy atom. The topological polar surface area (TPSA) is 47.7 Å².